The number of aromatic hydroxyl groups is 1. The summed E-state index contributed by atoms with van der Waals surface area (Å²) in [7, 11) is 0. The molecule has 1 aliphatic carbocycles. The van der Waals surface area contributed by atoms with E-state index in [-0.39, 0.29) is 17.8 Å². The number of benzene rings is 1. The Balaban J connectivity index is 1.51. The third-order valence-electron chi connectivity index (χ3n) is 4.73. The molecule has 1 atom stereocenters. The Kier molecular flexibility index (Phi) is 5.51. The van der Waals surface area contributed by atoms with E-state index in [1.807, 2.05) is 12.1 Å². The number of carbonyl (C=O) groups excluding carboxylic acids is 1. The summed E-state index contributed by atoms with van der Waals surface area (Å²) < 4.78 is 5.80. The van der Waals surface area contributed by atoms with Gasteiger partial charge in [0.2, 0.25) is 5.91 Å². The molecular formula is C18H26N2O3. The van der Waals surface area contributed by atoms with E-state index in [4.69, 9.17) is 4.74 Å². The van der Waals surface area contributed by atoms with Crippen LogP contribution in [-0.2, 0) is 9.53 Å². The molecule has 2 N–H and O–H groups in total. The van der Waals surface area contributed by atoms with Crippen LogP contribution in [0.5, 0.6) is 5.75 Å². The van der Waals surface area contributed by atoms with Gasteiger partial charge in [-0.1, -0.05) is 31.4 Å². The summed E-state index contributed by atoms with van der Waals surface area (Å²) in [5.41, 5.74) is 0.961. The third-order valence-corrected chi connectivity index (χ3v) is 4.73. The van der Waals surface area contributed by atoms with Crippen LogP contribution in [0.2, 0.25) is 0 Å². The summed E-state index contributed by atoms with van der Waals surface area (Å²) in [5.74, 6) is 0.367. The van der Waals surface area contributed by atoms with Crippen molar-refractivity contribution in [1.29, 1.82) is 0 Å². The van der Waals surface area contributed by atoms with Gasteiger partial charge in [-0.3, -0.25) is 9.69 Å². The SMILES string of the molecule is O=C(CN1CCO[C@@H](c2cccc(O)c2)C1)NC1CCCCC1. The lowest BCUT2D eigenvalue weighted by molar-refractivity contribution is -0.125. The molecule has 1 aromatic rings. The van der Waals surface area contributed by atoms with Crippen molar-refractivity contribution in [3.63, 3.8) is 0 Å². The van der Waals surface area contributed by atoms with Crippen molar-refractivity contribution in [2.75, 3.05) is 26.2 Å². The number of amides is 1. The number of nitrogens with zero attached hydrogens (tertiary/aromatic N) is 1. The normalized spacial score (nSPS) is 23.6. The largest absolute Gasteiger partial charge is 0.508 e. The van der Waals surface area contributed by atoms with E-state index in [1.165, 1.54) is 19.3 Å². The van der Waals surface area contributed by atoms with E-state index in [9.17, 15) is 9.90 Å². The number of hydrogen-bond acceptors (Lipinski definition) is 4. The van der Waals surface area contributed by atoms with E-state index < -0.39 is 0 Å². The van der Waals surface area contributed by atoms with Crippen LogP contribution >= 0.6 is 0 Å². The second-order valence-corrected chi connectivity index (χ2v) is 6.59. The predicted octanol–water partition coefficient (Wildman–Crippen LogP) is 2.21. The number of rotatable bonds is 4. The van der Waals surface area contributed by atoms with E-state index in [0.29, 0.717) is 25.7 Å². The molecule has 2 fully saturated rings. The molecule has 0 aromatic heterocycles. The van der Waals surface area contributed by atoms with Crippen molar-refractivity contribution in [2.24, 2.45) is 0 Å². The molecule has 0 spiro atoms. The summed E-state index contributed by atoms with van der Waals surface area (Å²) >= 11 is 0. The molecule has 1 heterocycles. The summed E-state index contributed by atoms with van der Waals surface area (Å²) in [6.45, 7) is 2.49. The highest BCUT2D eigenvalue weighted by atomic mass is 16.5. The quantitative estimate of drug-likeness (QED) is 0.893. The predicted molar refractivity (Wildman–Crippen MR) is 88.3 cm³/mol. The van der Waals surface area contributed by atoms with Crippen molar-refractivity contribution >= 4 is 5.91 Å². The summed E-state index contributed by atoms with van der Waals surface area (Å²) in [6.07, 6.45) is 5.88. The summed E-state index contributed by atoms with van der Waals surface area (Å²) in [5, 5.41) is 12.8. The topological polar surface area (TPSA) is 61.8 Å². The van der Waals surface area contributed by atoms with Crippen LogP contribution in [0.25, 0.3) is 0 Å². The zero-order valence-electron chi connectivity index (χ0n) is 13.5. The molecule has 1 aliphatic heterocycles. The number of nitrogens with one attached hydrogen (secondary N) is 1. The van der Waals surface area contributed by atoms with Gasteiger partial charge in [-0.25, -0.2) is 0 Å². The standard InChI is InChI=1S/C18H26N2O3/c21-16-8-4-5-14(11-16)17-12-20(9-10-23-17)13-18(22)19-15-6-2-1-3-7-15/h4-5,8,11,15,17,21H,1-3,6-7,9-10,12-13H2,(H,19,22)/t17-/m1/s1. The molecule has 0 bridgehead atoms. The van der Waals surface area contributed by atoms with Crippen molar-refractivity contribution in [1.82, 2.24) is 10.2 Å². The van der Waals surface area contributed by atoms with E-state index in [1.54, 1.807) is 12.1 Å². The monoisotopic (exact) mass is 318 g/mol. The lowest BCUT2D eigenvalue weighted by atomic mass is 9.95. The van der Waals surface area contributed by atoms with Crippen LogP contribution < -0.4 is 5.32 Å². The van der Waals surface area contributed by atoms with Crippen LogP contribution in [0.1, 0.15) is 43.8 Å². The first kappa shape index (κ1) is 16.3. The zero-order valence-corrected chi connectivity index (χ0v) is 13.5. The number of morpholine rings is 1. The highest BCUT2D eigenvalue weighted by Crippen LogP contribution is 2.25. The summed E-state index contributed by atoms with van der Waals surface area (Å²) in [4.78, 5) is 14.4. The third kappa shape index (κ3) is 4.69. The molecule has 2 aliphatic rings. The van der Waals surface area contributed by atoms with E-state index >= 15 is 0 Å². The maximum Gasteiger partial charge on any atom is 0.234 e. The Morgan fingerprint density at radius 1 is 1.30 bits per heavy atom. The van der Waals surface area contributed by atoms with Gasteiger partial charge < -0.3 is 15.2 Å². The molecule has 1 saturated carbocycles. The van der Waals surface area contributed by atoms with Crippen LogP contribution in [0, 0.1) is 0 Å². The Hall–Kier alpha value is -1.59. The number of ether oxygens (including phenoxy) is 1. The molecule has 23 heavy (non-hydrogen) atoms. The van der Waals surface area contributed by atoms with Gasteiger partial charge in [-0.05, 0) is 30.5 Å². The van der Waals surface area contributed by atoms with Gasteiger partial charge in [0, 0.05) is 19.1 Å². The van der Waals surface area contributed by atoms with Gasteiger partial charge in [-0.15, -0.1) is 0 Å². The van der Waals surface area contributed by atoms with Crippen molar-refractivity contribution in [2.45, 2.75) is 44.2 Å². The molecule has 1 aromatic carbocycles. The van der Waals surface area contributed by atoms with Gasteiger partial charge in [0.15, 0.2) is 0 Å². The van der Waals surface area contributed by atoms with Crippen LogP contribution in [-0.4, -0.2) is 48.2 Å². The first-order chi connectivity index (χ1) is 11.2. The van der Waals surface area contributed by atoms with Crippen molar-refractivity contribution in [3.05, 3.63) is 29.8 Å². The lowest BCUT2D eigenvalue weighted by Gasteiger charge is -2.33. The minimum Gasteiger partial charge on any atom is -0.508 e. The second kappa shape index (κ2) is 7.79. The zero-order chi connectivity index (χ0) is 16.1. The fourth-order valence-corrected chi connectivity index (χ4v) is 3.50. The van der Waals surface area contributed by atoms with Crippen LogP contribution in [0.15, 0.2) is 24.3 Å². The molecule has 5 heteroatoms. The molecule has 126 valence electrons. The second-order valence-electron chi connectivity index (χ2n) is 6.59. The first-order valence-corrected chi connectivity index (χ1v) is 8.63. The number of phenols is 1. The van der Waals surface area contributed by atoms with Crippen LogP contribution in [0.3, 0.4) is 0 Å². The maximum atomic E-state index is 12.2. The highest BCUT2D eigenvalue weighted by Gasteiger charge is 2.24. The van der Waals surface area contributed by atoms with Gasteiger partial charge in [0.05, 0.1) is 19.3 Å². The molecule has 0 unspecified atom stereocenters. The Morgan fingerprint density at radius 3 is 2.91 bits per heavy atom. The average Bonchev–Trinajstić information content (AvgIpc) is 2.56. The van der Waals surface area contributed by atoms with E-state index in [2.05, 4.69) is 10.2 Å². The minimum atomic E-state index is -0.0849. The Morgan fingerprint density at radius 2 is 2.13 bits per heavy atom. The van der Waals surface area contributed by atoms with Gasteiger partial charge in [0.1, 0.15) is 5.75 Å². The molecule has 1 saturated heterocycles. The first-order valence-electron chi connectivity index (χ1n) is 8.63. The van der Waals surface area contributed by atoms with E-state index in [0.717, 1.165) is 24.9 Å². The molecule has 1 amide bonds. The van der Waals surface area contributed by atoms with Gasteiger partial charge >= 0.3 is 0 Å². The average molecular weight is 318 g/mol. The van der Waals surface area contributed by atoms with Gasteiger partial charge in [0.25, 0.3) is 0 Å². The lowest BCUT2D eigenvalue weighted by Crippen LogP contribution is -2.46. The molecule has 5 nitrogen and oxygen atoms in total. The molecular weight excluding hydrogens is 292 g/mol. The van der Waals surface area contributed by atoms with Crippen LogP contribution in [0.4, 0.5) is 0 Å². The Bertz CT molecular complexity index is 529. The van der Waals surface area contributed by atoms with Gasteiger partial charge in [-0.2, -0.15) is 0 Å². The smallest absolute Gasteiger partial charge is 0.234 e. The Labute approximate surface area is 137 Å². The fraction of sp³-hybridized carbons (Fsp3) is 0.611. The van der Waals surface area contributed by atoms with Crippen molar-refractivity contribution in [3.8, 4) is 5.75 Å². The maximum absolute atomic E-state index is 12.2. The fourth-order valence-electron chi connectivity index (χ4n) is 3.50. The number of phenolic OH excluding ortho intramolecular Hbond substituents is 1. The minimum absolute atomic E-state index is 0.0849. The number of carbonyl (C=O) groups is 1. The molecule has 0 radical (unpaired) electrons. The highest BCUT2D eigenvalue weighted by molar-refractivity contribution is 5.78. The summed E-state index contributed by atoms with van der Waals surface area (Å²) in [6, 6.07) is 7.52. The molecule has 3 rings (SSSR count). The van der Waals surface area contributed by atoms with Crippen molar-refractivity contribution < 1.29 is 14.6 Å². The number of hydrogen-bond donors (Lipinski definition) is 2.